The normalized spacial score (nSPS) is 12.2. The number of methoxy groups -OCH3 is 1. The van der Waals surface area contributed by atoms with Gasteiger partial charge in [0.2, 0.25) is 0 Å². The molecule has 1 nitrogen and oxygen atoms in total. The van der Waals surface area contributed by atoms with Gasteiger partial charge in [0, 0.05) is 5.56 Å². The third-order valence-corrected chi connectivity index (χ3v) is 4.00. The molecule has 0 aromatic heterocycles. The Bertz CT molecular complexity index is 569. The molecule has 0 saturated heterocycles. The van der Waals surface area contributed by atoms with Crippen molar-refractivity contribution in [1.29, 1.82) is 0 Å². The first-order valence-electron chi connectivity index (χ1n) is 5.82. The van der Waals surface area contributed by atoms with Gasteiger partial charge in [-0.2, -0.15) is 0 Å². The van der Waals surface area contributed by atoms with Gasteiger partial charge in [-0.15, -0.1) is 11.6 Å². The van der Waals surface area contributed by atoms with Gasteiger partial charge < -0.3 is 4.74 Å². The molecule has 19 heavy (non-hydrogen) atoms. The number of hydrogen-bond donors (Lipinski definition) is 0. The van der Waals surface area contributed by atoms with Crippen molar-refractivity contribution >= 4 is 34.8 Å². The number of benzene rings is 2. The Hall–Kier alpha value is -0.890. The molecule has 0 aliphatic rings. The van der Waals surface area contributed by atoms with Gasteiger partial charge >= 0.3 is 0 Å². The predicted octanol–water partition coefficient (Wildman–Crippen LogP) is 5.52. The van der Waals surface area contributed by atoms with E-state index in [1.165, 1.54) is 0 Å². The summed E-state index contributed by atoms with van der Waals surface area (Å²) in [7, 11) is 1.64. The molecule has 4 heteroatoms. The maximum atomic E-state index is 6.46. The van der Waals surface area contributed by atoms with Crippen LogP contribution in [0.2, 0.25) is 10.0 Å². The third-order valence-electron chi connectivity index (χ3n) is 2.88. The van der Waals surface area contributed by atoms with Crippen LogP contribution in [0, 0.1) is 0 Å². The lowest BCUT2D eigenvalue weighted by atomic mass is 10.0. The minimum atomic E-state index is -0.173. The number of rotatable bonds is 4. The Balaban J connectivity index is 2.20. The van der Waals surface area contributed by atoms with Crippen LogP contribution in [-0.2, 0) is 6.42 Å². The number of alkyl halides is 1. The van der Waals surface area contributed by atoms with Crippen molar-refractivity contribution in [3.05, 3.63) is 63.6 Å². The van der Waals surface area contributed by atoms with E-state index >= 15 is 0 Å². The van der Waals surface area contributed by atoms with E-state index in [4.69, 9.17) is 39.5 Å². The van der Waals surface area contributed by atoms with Crippen LogP contribution in [0.3, 0.4) is 0 Å². The first-order chi connectivity index (χ1) is 9.11. The quantitative estimate of drug-likeness (QED) is 0.675. The van der Waals surface area contributed by atoms with Crippen LogP contribution >= 0.6 is 34.8 Å². The highest BCUT2D eigenvalue weighted by Gasteiger charge is 2.14. The van der Waals surface area contributed by atoms with Gasteiger partial charge in [-0.1, -0.05) is 47.5 Å². The zero-order valence-electron chi connectivity index (χ0n) is 10.4. The average molecular weight is 316 g/mol. The Morgan fingerprint density at radius 2 is 1.79 bits per heavy atom. The molecule has 2 rings (SSSR count). The molecule has 0 spiro atoms. The zero-order valence-corrected chi connectivity index (χ0v) is 12.6. The van der Waals surface area contributed by atoms with Crippen molar-refractivity contribution in [3.8, 4) is 5.75 Å². The summed E-state index contributed by atoms with van der Waals surface area (Å²) in [5.41, 5.74) is 2.01. The minimum Gasteiger partial charge on any atom is -0.496 e. The van der Waals surface area contributed by atoms with Crippen molar-refractivity contribution in [2.45, 2.75) is 11.8 Å². The molecule has 100 valence electrons. The third kappa shape index (κ3) is 3.56. The predicted molar refractivity (Wildman–Crippen MR) is 81.8 cm³/mol. The van der Waals surface area contributed by atoms with Crippen LogP contribution in [0.4, 0.5) is 0 Å². The van der Waals surface area contributed by atoms with Crippen molar-refractivity contribution in [1.82, 2.24) is 0 Å². The smallest absolute Gasteiger partial charge is 0.123 e. The number of para-hydroxylation sites is 1. The number of ether oxygens (including phenoxy) is 1. The van der Waals surface area contributed by atoms with Crippen molar-refractivity contribution < 1.29 is 4.74 Å². The molecular weight excluding hydrogens is 303 g/mol. The first-order valence-corrected chi connectivity index (χ1v) is 7.02. The van der Waals surface area contributed by atoms with Gasteiger partial charge in [-0.25, -0.2) is 0 Å². The van der Waals surface area contributed by atoms with Crippen LogP contribution in [0.25, 0.3) is 0 Å². The molecule has 2 aromatic rings. The Morgan fingerprint density at radius 1 is 1.05 bits per heavy atom. The summed E-state index contributed by atoms with van der Waals surface area (Å²) >= 11 is 18.4. The molecule has 2 aromatic carbocycles. The second-order valence-corrected chi connectivity index (χ2v) is 5.50. The molecule has 0 bridgehead atoms. The molecular formula is C15H13Cl3O. The number of halogens is 3. The summed E-state index contributed by atoms with van der Waals surface area (Å²) in [6, 6.07) is 13.3. The Morgan fingerprint density at radius 3 is 2.47 bits per heavy atom. The van der Waals surface area contributed by atoms with E-state index in [-0.39, 0.29) is 5.38 Å². The molecule has 0 aliphatic carbocycles. The molecule has 1 unspecified atom stereocenters. The second kappa shape index (κ2) is 6.51. The summed E-state index contributed by atoms with van der Waals surface area (Å²) in [4.78, 5) is 0. The van der Waals surface area contributed by atoms with Gasteiger partial charge in [0.25, 0.3) is 0 Å². The highest BCUT2D eigenvalue weighted by molar-refractivity contribution is 6.42. The number of hydrogen-bond acceptors (Lipinski definition) is 1. The van der Waals surface area contributed by atoms with Crippen molar-refractivity contribution in [2.75, 3.05) is 7.11 Å². The van der Waals surface area contributed by atoms with Crippen LogP contribution in [0.1, 0.15) is 16.5 Å². The van der Waals surface area contributed by atoms with Crippen molar-refractivity contribution in [3.63, 3.8) is 0 Å². The summed E-state index contributed by atoms with van der Waals surface area (Å²) in [6.45, 7) is 0. The van der Waals surface area contributed by atoms with Crippen LogP contribution in [0.5, 0.6) is 5.75 Å². The fourth-order valence-corrected chi connectivity index (χ4v) is 2.59. The highest BCUT2D eigenvalue weighted by Crippen LogP contribution is 2.33. The molecule has 1 atom stereocenters. The van der Waals surface area contributed by atoms with Crippen LogP contribution < -0.4 is 4.74 Å². The summed E-state index contributed by atoms with van der Waals surface area (Å²) in [5, 5.41) is 0.922. The Kier molecular flexibility index (Phi) is 4.98. The maximum Gasteiger partial charge on any atom is 0.123 e. The fourth-order valence-electron chi connectivity index (χ4n) is 1.91. The lowest BCUT2D eigenvalue weighted by Gasteiger charge is -2.14. The van der Waals surface area contributed by atoms with Crippen molar-refractivity contribution in [2.24, 2.45) is 0 Å². The molecule has 0 amide bonds. The van der Waals surface area contributed by atoms with Gasteiger partial charge in [-0.05, 0) is 30.2 Å². The van der Waals surface area contributed by atoms with E-state index in [1.807, 2.05) is 36.4 Å². The zero-order chi connectivity index (χ0) is 13.8. The standard InChI is InChI=1S/C15H13Cl3O/c1-19-15-5-3-2-4-11(15)13(17)8-10-6-7-12(16)14(18)9-10/h2-7,9,13H,8H2,1H3. The van der Waals surface area contributed by atoms with Gasteiger partial charge in [0.1, 0.15) is 5.75 Å². The maximum absolute atomic E-state index is 6.46. The SMILES string of the molecule is COc1ccccc1C(Cl)Cc1ccc(Cl)c(Cl)c1. The Labute approximate surface area is 128 Å². The highest BCUT2D eigenvalue weighted by atomic mass is 35.5. The average Bonchev–Trinajstić information content (AvgIpc) is 2.43. The molecule has 0 N–H and O–H groups in total. The lowest BCUT2D eigenvalue weighted by molar-refractivity contribution is 0.409. The second-order valence-electron chi connectivity index (χ2n) is 4.16. The molecule has 0 saturated carbocycles. The molecule has 0 aliphatic heterocycles. The van der Waals surface area contributed by atoms with E-state index in [2.05, 4.69) is 0 Å². The van der Waals surface area contributed by atoms with Crippen LogP contribution in [0.15, 0.2) is 42.5 Å². The van der Waals surface area contributed by atoms with Gasteiger partial charge in [0.15, 0.2) is 0 Å². The van der Waals surface area contributed by atoms with E-state index < -0.39 is 0 Å². The monoisotopic (exact) mass is 314 g/mol. The minimum absolute atomic E-state index is 0.173. The van der Waals surface area contributed by atoms with Crippen LogP contribution in [-0.4, -0.2) is 7.11 Å². The molecule has 0 radical (unpaired) electrons. The lowest BCUT2D eigenvalue weighted by Crippen LogP contribution is -1.99. The van der Waals surface area contributed by atoms with E-state index in [0.717, 1.165) is 16.9 Å². The van der Waals surface area contributed by atoms with E-state index in [1.54, 1.807) is 13.2 Å². The first kappa shape index (κ1) is 14.5. The van der Waals surface area contributed by atoms with Gasteiger partial charge in [0.05, 0.1) is 22.5 Å². The van der Waals surface area contributed by atoms with E-state index in [9.17, 15) is 0 Å². The summed E-state index contributed by atoms with van der Waals surface area (Å²) in [5.74, 6) is 0.794. The van der Waals surface area contributed by atoms with Gasteiger partial charge in [-0.3, -0.25) is 0 Å². The summed E-state index contributed by atoms with van der Waals surface area (Å²) in [6.07, 6.45) is 0.665. The molecule has 0 fully saturated rings. The fraction of sp³-hybridized carbons (Fsp3) is 0.200. The van der Waals surface area contributed by atoms with E-state index in [0.29, 0.717) is 16.5 Å². The largest absolute Gasteiger partial charge is 0.496 e. The molecule has 0 heterocycles. The summed E-state index contributed by atoms with van der Waals surface area (Å²) < 4.78 is 5.32. The topological polar surface area (TPSA) is 9.23 Å².